The fourth-order valence-electron chi connectivity index (χ4n) is 1.61. The second-order valence-electron chi connectivity index (χ2n) is 3.82. The van der Waals surface area contributed by atoms with Crippen molar-refractivity contribution in [2.45, 2.75) is 58.8 Å². The van der Waals surface area contributed by atoms with Crippen molar-refractivity contribution in [1.29, 1.82) is 0 Å². The summed E-state index contributed by atoms with van der Waals surface area (Å²) in [6.07, 6.45) is 7.60. The van der Waals surface area contributed by atoms with Gasteiger partial charge in [-0.05, 0) is 18.8 Å². The minimum atomic E-state index is -0.189. The highest BCUT2D eigenvalue weighted by Gasteiger charge is 2.13. The van der Waals surface area contributed by atoms with Gasteiger partial charge >= 0.3 is 5.97 Å². The van der Waals surface area contributed by atoms with Crippen LogP contribution < -0.4 is 0 Å². The average molecular weight is 218 g/mol. The lowest BCUT2D eigenvalue weighted by Gasteiger charge is -2.14. The number of hydrogen-bond acceptors (Lipinski definition) is 3. The molecule has 0 fully saturated rings. The molecule has 0 amide bonds. The standard InChI is InChI=1S/C11H22O2S/c1-3-5-7-10(8-6-4-2)9-11(12)13-14/h10,14H,3-9H2,1-2H3. The van der Waals surface area contributed by atoms with E-state index in [9.17, 15) is 4.79 Å². The van der Waals surface area contributed by atoms with E-state index in [0.29, 0.717) is 12.3 Å². The molecule has 0 bridgehead atoms. The van der Waals surface area contributed by atoms with Crippen LogP contribution in [0.2, 0.25) is 0 Å². The molecule has 0 aliphatic heterocycles. The normalized spacial score (nSPS) is 10.6. The van der Waals surface area contributed by atoms with Crippen LogP contribution in [0.5, 0.6) is 0 Å². The highest BCUT2D eigenvalue weighted by atomic mass is 32.1. The zero-order valence-corrected chi connectivity index (χ0v) is 10.2. The van der Waals surface area contributed by atoms with Gasteiger partial charge in [-0.2, -0.15) is 0 Å². The average Bonchev–Trinajstić information content (AvgIpc) is 2.21. The second-order valence-corrected chi connectivity index (χ2v) is 4.00. The summed E-state index contributed by atoms with van der Waals surface area (Å²) in [7, 11) is 0. The monoisotopic (exact) mass is 218 g/mol. The van der Waals surface area contributed by atoms with Crippen LogP contribution in [0.15, 0.2) is 0 Å². The largest absolute Gasteiger partial charge is 0.395 e. The molecule has 0 saturated carbocycles. The van der Waals surface area contributed by atoms with Gasteiger partial charge in [0.15, 0.2) is 0 Å². The number of hydrogen-bond donors (Lipinski definition) is 1. The summed E-state index contributed by atoms with van der Waals surface area (Å²) >= 11 is 3.52. The van der Waals surface area contributed by atoms with E-state index in [0.717, 1.165) is 12.8 Å². The van der Waals surface area contributed by atoms with Crippen LogP contribution in [0.4, 0.5) is 0 Å². The highest BCUT2D eigenvalue weighted by Crippen LogP contribution is 2.20. The topological polar surface area (TPSA) is 26.3 Å². The molecule has 3 heteroatoms. The Labute approximate surface area is 93.0 Å². The van der Waals surface area contributed by atoms with E-state index in [1.165, 1.54) is 25.7 Å². The first kappa shape index (κ1) is 13.8. The lowest BCUT2D eigenvalue weighted by atomic mass is 9.93. The maximum Gasteiger partial charge on any atom is 0.317 e. The zero-order valence-electron chi connectivity index (χ0n) is 9.29. The summed E-state index contributed by atoms with van der Waals surface area (Å²) in [5, 5.41) is 0. The van der Waals surface area contributed by atoms with Crippen molar-refractivity contribution >= 4 is 18.9 Å². The van der Waals surface area contributed by atoms with Crippen molar-refractivity contribution in [2.24, 2.45) is 5.92 Å². The molecular formula is C11H22O2S. The molecule has 0 aromatic heterocycles. The molecule has 0 radical (unpaired) electrons. The van der Waals surface area contributed by atoms with Gasteiger partial charge in [-0.3, -0.25) is 4.79 Å². The lowest BCUT2D eigenvalue weighted by molar-refractivity contribution is -0.134. The van der Waals surface area contributed by atoms with Crippen molar-refractivity contribution in [3.63, 3.8) is 0 Å². The van der Waals surface area contributed by atoms with E-state index in [4.69, 9.17) is 0 Å². The maximum absolute atomic E-state index is 11.0. The molecule has 14 heavy (non-hydrogen) atoms. The van der Waals surface area contributed by atoms with Crippen LogP contribution >= 0.6 is 12.9 Å². The van der Waals surface area contributed by atoms with E-state index in [-0.39, 0.29) is 5.97 Å². The van der Waals surface area contributed by atoms with Gasteiger partial charge in [0.2, 0.25) is 0 Å². The number of unbranched alkanes of at least 4 members (excludes halogenated alkanes) is 2. The minimum Gasteiger partial charge on any atom is -0.395 e. The van der Waals surface area contributed by atoms with Crippen LogP contribution in [-0.4, -0.2) is 5.97 Å². The first-order chi connectivity index (χ1) is 6.74. The Morgan fingerprint density at radius 1 is 1.21 bits per heavy atom. The van der Waals surface area contributed by atoms with Crippen LogP contribution in [0, 0.1) is 5.92 Å². The summed E-state index contributed by atoms with van der Waals surface area (Å²) in [5.74, 6) is 0.306. The van der Waals surface area contributed by atoms with Crippen molar-refractivity contribution in [3.8, 4) is 0 Å². The predicted octanol–water partition coefficient (Wildman–Crippen LogP) is 3.76. The van der Waals surface area contributed by atoms with Gasteiger partial charge in [-0.25, -0.2) is 0 Å². The van der Waals surface area contributed by atoms with E-state index in [2.05, 4.69) is 30.9 Å². The Kier molecular flexibility index (Phi) is 9.26. The van der Waals surface area contributed by atoms with Gasteiger partial charge < -0.3 is 4.18 Å². The molecule has 0 unspecified atom stereocenters. The minimum absolute atomic E-state index is 0.189. The maximum atomic E-state index is 11.0. The number of rotatable bonds is 8. The van der Waals surface area contributed by atoms with E-state index in [1.54, 1.807) is 0 Å². The Hall–Kier alpha value is -0.180. The van der Waals surface area contributed by atoms with E-state index >= 15 is 0 Å². The number of carbonyl (C=O) groups excluding carboxylic acids is 1. The van der Waals surface area contributed by atoms with Crippen molar-refractivity contribution in [3.05, 3.63) is 0 Å². The molecule has 2 nitrogen and oxygen atoms in total. The smallest absolute Gasteiger partial charge is 0.317 e. The van der Waals surface area contributed by atoms with Crippen molar-refractivity contribution in [1.82, 2.24) is 0 Å². The fourth-order valence-corrected chi connectivity index (χ4v) is 1.68. The molecule has 84 valence electrons. The third-order valence-electron chi connectivity index (χ3n) is 2.49. The summed E-state index contributed by atoms with van der Waals surface area (Å²) in [6.45, 7) is 4.35. The predicted molar refractivity (Wildman–Crippen MR) is 62.2 cm³/mol. The summed E-state index contributed by atoms with van der Waals surface area (Å²) in [6, 6.07) is 0. The first-order valence-corrected chi connectivity index (χ1v) is 5.95. The highest BCUT2D eigenvalue weighted by molar-refractivity contribution is 7.75. The third kappa shape index (κ3) is 7.25. The van der Waals surface area contributed by atoms with Crippen LogP contribution in [0.25, 0.3) is 0 Å². The van der Waals surface area contributed by atoms with Crippen molar-refractivity contribution < 1.29 is 8.98 Å². The Morgan fingerprint density at radius 2 is 1.71 bits per heavy atom. The van der Waals surface area contributed by atoms with Crippen LogP contribution in [0.1, 0.15) is 58.8 Å². The molecular weight excluding hydrogens is 196 g/mol. The van der Waals surface area contributed by atoms with E-state index in [1.807, 2.05) is 0 Å². The first-order valence-electron chi connectivity index (χ1n) is 5.58. The molecule has 0 N–H and O–H groups in total. The molecule has 0 atom stereocenters. The molecule has 0 saturated heterocycles. The molecule has 0 aliphatic rings. The van der Waals surface area contributed by atoms with Gasteiger partial charge in [-0.15, -0.1) is 0 Å². The Bertz CT molecular complexity index is 140. The number of carbonyl (C=O) groups is 1. The molecule has 0 spiro atoms. The third-order valence-corrected chi connectivity index (χ3v) is 2.69. The summed E-state index contributed by atoms with van der Waals surface area (Å²) in [5.41, 5.74) is 0. The van der Waals surface area contributed by atoms with Gasteiger partial charge in [0, 0.05) is 19.3 Å². The SMILES string of the molecule is CCCCC(CCCC)CC(=O)OS. The molecule has 0 aliphatic carbocycles. The molecule has 0 heterocycles. The zero-order chi connectivity index (χ0) is 10.8. The lowest BCUT2D eigenvalue weighted by Crippen LogP contribution is -2.08. The van der Waals surface area contributed by atoms with Crippen molar-refractivity contribution in [2.75, 3.05) is 0 Å². The summed E-state index contributed by atoms with van der Waals surface area (Å²) < 4.78 is 4.40. The number of thiol groups is 1. The Balaban J connectivity index is 3.77. The van der Waals surface area contributed by atoms with Gasteiger partial charge in [0.05, 0.1) is 0 Å². The quantitative estimate of drug-likeness (QED) is 0.496. The van der Waals surface area contributed by atoms with Gasteiger partial charge in [0.25, 0.3) is 0 Å². The second kappa shape index (κ2) is 9.38. The molecule has 0 rings (SSSR count). The van der Waals surface area contributed by atoms with Gasteiger partial charge in [0.1, 0.15) is 0 Å². The van der Waals surface area contributed by atoms with Gasteiger partial charge in [-0.1, -0.05) is 39.5 Å². The molecule has 0 aromatic rings. The van der Waals surface area contributed by atoms with Crippen LogP contribution in [0.3, 0.4) is 0 Å². The fraction of sp³-hybridized carbons (Fsp3) is 0.909. The van der Waals surface area contributed by atoms with E-state index < -0.39 is 0 Å². The molecule has 0 aromatic carbocycles. The summed E-state index contributed by atoms with van der Waals surface area (Å²) in [4.78, 5) is 11.0. The Morgan fingerprint density at radius 3 is 2.07 bits per heavy atom. The van der Waals surface area contributed by atoms with Crippen LogP contribution in [-0.2, 0) is 8.98 Å².